The molecule has 0 amide bonds. The summed E-state index contributed by atoms with van der Waals surface area (Å²) in [6.07, 6.45) is 4.30. The van der Waals surface area contributed by atoms with E-state index >= 15 is 0 Å². The molecule has 0 spiro atoms. The van der Waals surface area contributed by atoms with E-state index in [-0.39, 0.29) is 0 Å². The fraction of sp³-hybridized carbons (Fsp3) is 0.333. The molecule has 3 N–H and O–H groups in total. The number of nitrogens with two attached hydrogens (primary N) is 1. The molecule has 2 rings (SSSR count). The van der Waals surface area contributed by atoms with Gasteiger partial charge in [0.15, 0.2) is 11.6 Å². The molecule has 2 aromatic heterocycles. The van der Waals surface area contributed by atoms with E-state index in [9.17, 15) is 0 Å². The van der Waals surface area contributed by atoms with E-state index in [1.54, 1.807) is 12.4 Å². The zero-order valence-corrected chi connectivity index (χ0v) is 10.7. The van der Waals surface area contributed by atoms with E-state index in [0.717, 1.165) is 23.2 Å². The Hall–Kier alpha value is -2.08. The molecule has 0 saturated carbocycles. The number of nitrogens with zero attached hydrogens (tertiary/aromatic N) is 4. The molecule has 0 atom stereocenters. The molecule has 6 nitrogen and oxygen atoms in total. The smallest absolute Gasteiger partial charge is 0.199 e. The van der Waals surface area contributed by atoms with E-state index < -0.39 is 0 Å². The van der Waals surface area contributed by atoms with Gasteiger partial charge in [-0.25, -0.2) is 25.8 Å². The molecular weight excluding hydrogens is 228 g/mol. The van der Waals surface area contributed by atoms with Crippen LogP contribution in [0.15, 0.2) is 12.4 Å². The number of aryl methyl sites for hydroxylation is 2. The second kappa shape index (κ2) is 5.05. The van der Waals surface area contributed by atoms with Crippen LogP contribution in [0.3, 0.4) is 0 Å². The van der Waals surface area contributed by atoms with Crippen molar-refractivity contribution in [1.82, 2.24) is 19.9 Å². The van der Waals surface area contributed by atoms with E-state index in [1.165, 1.54) is 0 Å². The Morgan fingerprint density at radius 2 is 1.78 bits per heavy atom. The average molecular weight is 244 g/mol. The molecule has 0 fully saturated rings. The van der Waals surface area contributed by atoms with Crippen LogP contribution in [0.5, 0.6) is 0 Å². The highest BCUT2D eigenvalue weighted by Gasteiger charge is 2.12. The van der Waals surface area contributed by atoms with Gasteiger partial charge in [0.2, 0.25) is 0 Å². The van der Waals surface area contributed by atoms with Crippen molar-refractivity contribution in [3.63, 3.8) is 0 Å². The molecule has 6 heteroatoms. The van der Waals surface area contributed by atoms with Crippen LogP contribution in [0.4, 0.5) is 5.82 Å². The Labute approximate surface area is 106 Å². The molecule has 0 saturated heterocycles. The van der Waals surface area contributed by atoms with Gasteiger partial charge in [0.05, 0.1) is 0 Å². The molecule has 18 heavy (non-hydrogen) atoms. The minimum atomic E-state index is 0.484. The second-order valence-electron chi connectivity index (χ2n) is 4.04. The summed E-state index contributed by atoms with van der Waals surface area (Å²) >= 11 is 0. The lowest BCUT2D eigenvalue weighted by Crippen LogP contribution is -2.14. The molecule has 0 aliphatic heterocycles. The first-order valence-electron chi connectivity index (χ1n) is 5.78. The zero-order chi connectivity index (χ0) is 13.1. The number of aromatic nitrogens is 4. The first-order chi connectivity index (χ1) is 8.65. The van der Waals surface area contributed by atoms with Crippen molar-refractivity contribution in [3.8, 4) is 11.6 Å². The van der Waals surface area contributed by atoms with Gasteiger partial charge < -0.3 is 5.43 Å². The third-order valence-corrected chi connectivity index (χ3v) is 2.69. The van der Waals surface area contributed by atoms with Gasteiger partial charge in [-0.05, 0) is 25.8 Å². The Morgan fingerprint density at radius 1 is 1.11 bits per heavy atom. The average Bonchev–Trinajstić information content (AvgIpc) is 2.38. The standard InChI is InChI=1S/C12H16N6/c1-4-9-8(3)16-12(17-10(9)18-13)11-14-5-7(2)6-15-11/h5-6H,4,13H2,1-3H3,(H,16,17,18). The fourth-order valence-corrected chi connectivity index (χ4v) is 1.75. The number of rotatable bonds is 3. The van der Waals surface area contributed by atoms with Crippen molar-refractivity contribution in [2.45, 2.75) is 27.2 Å². The normalized spacial score (nSPS) is 10.4. The van der Waals surface area contributed by atoms with Gasteiger partial charge in [0.1, 0.15) is 5.82 Å². The highest BCUT2D eigenvalue weighted by Crippen LogP contribution is 2.19. The molecule has 0 bridgehead atoms. The third-order valence-electron chi connectivity index (χ3n) is 2.69. The van der Waals surface area contributed by atoms with E-state index in [4.69, 9.17) is 5.84 Å². The van der Waals surface area contributed by atoms with Gasteiger partial charge in [-0.3, -0.25) is 0 Å². The SMILES string of the molecule is CCc1c(C)nc(-c2ncc(C)cn2)nc1NN. The second-order valence-corrected chi connectivity index (χ2v) is 4.04. The molecule has 94 valence electrons. The quantitative estimate of drug-likeness (QED) is 0.626. The van der Waals surface area contributed by atoms with E-state index in [2.05, 4.69) is 25.4 Å². The predicted molar refractivity (Wildman–Crippen MR) is 69.7 cm³/mol. The number of hydrogen-bond donors (Lipinski definition) is 2. The topological polar surface area (TPSA) is 89.6 Å². The highest BCUT2D eigenvalue weighted by molar-refractivity contribution is 5.53. The lowest BCUT2D eigenvalue weighted by Gasteiger charge is -2.10. The maximum Gasteiger partial charge on any atom is 0.199 e. The fourth-order valence-electron chi connectivity index (χ4n) is 1.75. The largest absolute Gasteiger partial charge is 0.308 e. The lowest BCUT2D eigenvalue weighted by atomic mass is 10.1. The van der Waals surface area contributed by atoms with Gasteiger partial charge in [-0.2, -0.15) is 0 Å². The summed E-state index contributed by atoms with van der Waals surface area (Å²) < 4.78 is 0. The minimum absolute atomic E-state index is 0.484. The van der Waals surface area contributed by atoms with Crippen molar-refractivity contribution < 1.29 is 0 Å². The number of hydrogen-bond acceptors (Lipinski definition) is 6. The van der Waals surface area contributed by atoms with Crippen molar-refractivity contribution in [2.24, 2.45) is 5.84 Å². The van der Waals surface area contributed by atoms with Crippen molar-refractivity contribution in [2.75, 3.05) is 5.43 Å². The monoisotopic (exact) mass is 244 g/mol. The summed E-state index contributed by atoms with van der Waals surface area (Å²) in [7, 11) is 0. The molecule has 0 radical (unpaired) electrons. The van der Waals surface area contributed by atoms with Crippen LogP contribution in [-0.4, -0.2) is 19.9 Å². The van der Waals surface area contributed by atoms with Crippen LogP contribution in [-0.2, 0) is 6.42 Å². The summed E-state index contributed by atoms with van der Waals surface area (Å²) in [5.74, 6) is 7.10. The molecule has 0 aliphatic rings. The Balaban J connectivity index is 2.52. The van der Waals surface area contributed by atoms with Crippen LogP contribution in [0.25, 0.3) is 11.6 Å². The van der Waals surface area contributed by atoms with Crippen LogP contribution < -0.4 is 11.3 Å². The molecule has 2 aromatic rings. The molecular formula is C12H16N6. The maximum absolute atomic E-state index is 5.49. The van der Waals surface area contributed by atoms with Crippen LogP contribution in [0, 0.1) is 13.8 Å². The third kappa shape index (κ3) is 2.28. The summed E-state index contributed by atoms with van der Waals surface area (Å²) in [5, 5.41) is 0. The zero-order valence-electron chi connectivity index (χ0n) is 10.7. The van der Waals surface area contributed by atoms with Gasteiger partial charge in [-0.1, -0.05) is 6.92 Å². The van der Waals surface area contributed by atoms with Gasteiger partial charge in [0.25, 0.3) is 0 Å². The summed E-state index contributed by atoms with van der Waals surface area (Å²) in [5.41, 5.74) is 5.50. The Morgan fingerprint density at radius 3 is 2.33 bits per heavy atom. The highest BCUT2D eigenvalue weighted by atomic mass is 15.3. The number of anilines is 1. The Bertz CT molecular complexity index is 549. The maximum atomic E-state index is 5.49. The Kier molecular flexibility index (Phi) is 3.47. The first kappa shape index (κ1) is 12.4. The molecule has 0 unspecified atom stereocenters. The van der Waals surface area contributed by atoms with Crippen LogP contribution in [0.1, 0.15) is 23.7 Å². The van der Waals surface area contributed by atoms with Gasteiger partial charge in [0, 0.05) is 23.7 Å². The van der Waals surface area contributed by atoms with Crippen molar-refractivity contribution in [3.05, 3.63) is 29.2 Å². The lowest BCUT2D eigenvalue weighted by molar-refractivity contribution is 0.974. The summed E-state index contributed by atoms with van der Waals surface area (Å²) in [6.45, 7) is 5.90. The van der Waals surface area contributed by atoms with Crippen LogP contribution in [0.2, 0.25) is 0 Å². The minimum Gasteiger partial charge on any atom is -0.308 e. The van der Waals surface area contributed by atoms with Crippen molar-refractivity contribution >= 4 is 5.82 Å². The first-order valence-corrected chi connectivity index (χ1v) is 5.78. The van der Waals surface area contributed by atoms with E-state index in [1.807, 2.05) is 20.8 Å². The van der Waals surface area contributed by atoms with Gasteiger partial charge in [-0.15, -0.1) is 0 Å². The molecule has 0 aromatic carbocycles. The van der Waals surface area contributed by atoms with E-state index in [0.29, 0.717) is 17.5 Å². The summed E-state index contributed by atoms with van der Waals surface area (Å²) in [4.78, 5) is 17.2. The molecule has 2 heterocycles. The summed E-state index contributed by atoms with van der Waals surface area (Å²) in [6, 6.07) is 0. The van der Waals surface area contributed by atoms with Crippen LogP contribution >= 0.6 is 0 Å². The number of nitrogens with one attached hydrogen (secondary N) is 1. The molecule has 0 aliphatic carbocycles. The number of nitrogen functional groups attached to an aromatic ring is 1. The van der Waals surface area contributed by atoms with Crippen molar-refractivity contribution in [1.29, 1.82) is 0 Å². The predicted octanol–water partition coefficient (Wildman–Crippen LogP) is 1.40. The van der Waals surface area contributed by atoms with Gasteiger partial charge >= 0.3 is 0 Å². The number of hydrazine groups is 1.